The molecular weight excluding hydrogens is 242 g/mol. The van der Waals surface area contributed by atoms with Crippen LogP contribution in [0.2, 0.25) is 0 Å². The second-order valence-corrected chi connectivity index (χ2v) is 6.87. The van der Waals surface area contributed by atoms with Gasteiger partial charge in [-0.05, 0) is 38.0 Å². The average molecular weight is 265 g/mol. The topological polar surface area (TPSA) is 42.2 Å². The lowest BCUT2D eigenvalue weighted by Gasteiger charge is -2.18. The van der Waals surface area contributed by atoms with Crippen LogP contribution in [0.25, 0.3) is 0 Å². The first-order valence-corrected chi connectivity index (χ1v) is 8.04. The summed E-state index contributed by atoms with van der Waals surface area (Å²) >= 11 is 1.83. The van der Waals surface area contributed by atoms with E-state index in [1.165, 1.54) is 60.9 Å². The first kappa shape index (κ1) is 12.4. The number of thiazole rings is 1. The predicted molar refractivity (Wildman–Crippen MR) is 77.2 cm³/mol. The van der Waals surface area contributed by atoms with Crippen LogP contribution in [0.15, 0.2) is 0 Å². The molecular formula is C14H23N3S. The van der Waals surface area contributed by atoms with Crippen molar-refractivity contribution in [3.63, 3.8) is 0 Å². The smallest absolute Gasteiger partial charge is 0.185 e. The highest BCUT2D eigenvalue weighted by Crippen LogP contribution is 2.44. The Hall–Kier alpha value is -0.610. The number of hydrogen-bond donors (Lipinski definition) is 1. The monoisotopic (exact) mass is 265 g/mol. The zero-order valence-corrected chi connectivity index (χ0v) is 12.0. The SMILES string of the molecule is CC1CCCN(c2nc(C3CC3)c(CN)s2)CC1. The van der Waals surface area contributed by atoms with Gasteiger partial charge in [0.25, 0.3) is 0 Å². The molecule has 1 saturated heterocycles. The lowest BCUT2D eigenvalue weighted by molar-refractivity contribution is 0.521. The summed E-state index contributed by atoms with van der Waals surface area (Å²) in [5.74, 6) is 1.59. The Morgan fingerprint density at radius 3 is 2.83 bits per heavy atom. The third-order valence-electron chi connectivity index (χ3n) is 4.15. The molecule has 0 aromatic carbocycles. The molecule has 0 radical (unpaired) electrons. The van der Waals surface area contributed by atoms with Gasteiger partial charge in [-0.25, -0.2) is 4.98 Å². The molecule has 1 saturated carbocycles. The fourth-order valence-electron chi connectivity index (χ4n) is 2.76. The van der Waals surface area contributed by atoms with Crippen LogP contribution in [0, 0.1) is 5.92 Å². The van der Waals surface area contributed by atoms with E-state index in [2.05, 4.69) is 11.8 Å². The minimum atomic E-state index is 0.660. The van der Waals surface area contributed by atoms with Crippen molar-refractivity contribution in [2.45, 2.75) is 51.5 Å². The highest BCUT2D eigenvalue weighted by Gasteiger charge is 2.30. The maximum Gasteiger partial charge on any atom is 0.185 e. The largest absolute Gasteiger partial charge is 0.348 e. The van der Waals surface area contributed by atoms with Gasteiger partial charge in [0.15, 0.2) is 5.13 Å². The second-order valence-electron chi connectivity index (χ2n) is 5.81. The maximum absolute atomic E-state index is 5.86. The van der Waals surface area contributed by atoms with Crippen molar-refractivity contribution in [3.05, 3.63) is 10.6 Å². The molecule has 0 spiro atoms. The standard InChI is InChI=1S/C14H23N3S/c1-10-3-2-7-17(8-6-10)14-16-13(11-4-5-11)12(9-15)18-14/h10-11H,2-9,15H2,1H3. The van der Waals surface area contributed by atoms with E-state index in [-0.39, 0.29) is 0 Å². The molecule has 1 aromatic rings. The Bertz CT molecular complexity index is 411. The summed E-state index contributed by atoms with van der Waals surface area (Å²) in [7, 11) is 0. The number of rotatable bonds is 3. The molecule has 1 atom stereocenters. The zero-order chi connectivity index (χ0) is 12.5. The first-order valence-electron chi connectivity index (χ1n) is 7.22. The van der Waals surface area contributed by atoms with Crippen molar-refractivity contribution in [1.29, 1.82) is 0 Å². The second kappa shape index (κ2) is 5.17. The molecule has 2 heterocycles. The van der Waals surface area contributed by atoms with E-state index < -0.39 is 0 Å². The minimum absolute atomic E-state index is 0.660. The molecule has 1 unspecified atom stereocenters. The summed E-state index contributed by atoms with van der Waals surface area (Å²) in [6.07, 6.45) is 6.59. The van der Waals surface area contributed by atoms with Crippen LogP contribution in [-0.4, -0.2) is 18.1 Å². The number of nitrogens with zero attached hydrogens (tertiary/aromatic N) is 2. The maximum atomic E-state index is 5.86. The quantitative estimate of drug-likeness (QED) is 0.913. The van der Waals surface area contributed by atoms with Crippen LogP contribution >= 0.6 is 11.3 Å². The third-order valence-corrected chi connectivity index (χ3v) is 5.31. The van der Waals surface area contributed by atoms with Crippen molar-refractivity contribution in [1.82, 2.24) is 4.98 Å². The Labute approximate surface area is 113 Å². The van der Waals surface area contributed by atoms with Gasteiger partial charge in [0.1, 0.15) is 0 Å². The minimum Gasteiger partial charge on any atom is -0.348 e. The summed E-state index contributed by atoms with van der Waals surface area (Å²) in [6, 6.07) is 0. The number of anilines is 1. The fraction of sp³-hybridized carbons (Fsp3) is 0.786. The molecule has 2 aliphatic rings. The first-order chi connectivity index (χ1) is 8.78. The van der Waals surface area contributed by atoms with Gasteiger partial charge < -0.3 is 10.6 Å². The van der Waals surface area contributed by atoms with E-state index in [9.17, 15) is 0 Å². The van der Waals surface area contributed by atoms with Crippen molar-refractivity contribution < 1.29 is 0 Å². The molecule has 3 rings (SSSR count). The molecule has 1 aromatic heterocycles. The number of hydrogen-bond acceptors (Lipinski definition) is 4. The molecule has 2 N–H and O–H groups in total. The normalized spacial score (nSPS) is 25.2. The molecule has 3 nitrogen and oxygen atoms in total. The lowest BCUT2D eigenvalue weighted by atomic mass is 10.0. The Kier molecular flexibility index (Phi) is 3.57. The average Bonchev–Trinajstić information content (AvgIpc) is 3.16. The van der Waals surface area contributed by atoms with E-state index in [0.717, 1.165) is 11.8 Å². The van der Waals surface area contributed by atoms with Crippen LogP contribution < -0.4 is 10.6 Å². The molecule has 0 bridgehead atoms. The molecule has 1 aliphatic heterocycles. The van der Waals surface area contributed by atoms with Gasteiger partial charge in [0.2, 0.25) is 0 Å². The van der Waals surface area contributed by atoms with Gasteiger partial charge in [0.05, 0.1) is 5.69 Å². The Morgan fingerprint density at radius 2 is 2.11 bits per heavy atom. The summed E-state index contributed by atoms with van der Waals surface area (Å²) in [4.78, 5) is 8.71. The van der Waals surface area contributed by atoms with Gasteiger partial charge in [-0.15, -0.1) is 11.3 Å². The molecule has 0 amide bonds. The van der Waals surface area contributed by atoms with Gasteiger partial charge >= 0.3 is 0 Å². The highest BCUT2D eigenvalue weighted by molar-refractivity contribution is 7.15. The molecule has 1 aliphatic carbocycles. The van der Waals surface area contributed by atoms with Gasteiger partial charge in [0, 0.05) is 30.4 Å². The number of nitrogens with two attached hydrogens (primary N) is 1. The molecule has 100 valence electrons. The van der Waals surface area contributed by atoms with Crippen molar-refractivity contribution in [2.75, 3.05) is 18.0 Å². The van der Waals surface area contributed by atoms with Crippen molar-refractivity contribution in [2.24, 2.45) is 11.7 Å². The van der Waals surface area contributed by atoms with E-state index in [4.69, 9.17) is 10.7 Å². The van der Waals surface area contributed by atoms with Crippen LogP contribution in [0.1, 0.15) is 55.5 Å². The van der Waals surface area contributed by atoms with E-state index in [0.29, 0.717) is 6.54 Å². The van der Waals surface area contributed by atoms with Crippen molar-refractivity contribution >= 4 is 16.5 Å². The van der Waals surface area contributed by atoms with Gasteiger partial charge in [-0.1, -0.05) is 6.92 Å². The van der Waals surface area contributed by atoms with E-state index in [1.54, 1.807) is 0 Å². The lowest BCUT2D eigenvalue weighted by Crippen LogP contribution is -2.23. The predicted octanol–water partition coefficient (Wildman–Crippen LogP) is 3.11. The highest BCUT2D eigenvalue weighted by atomic mass is 32.1. The van der Waals surface area contributed by atoms with Gasteiger partial charge in [-0.3, -0.25) is 0 Å². The van der Waals surface area contributed by atoms with E-state index >= 15 is 0 Å². The molecule has 4 heteroatoms. The summed E-state index contributed by atoms with van der Waals surface area (Å²) in [5, 5.41) is 1.23. The van der Waals surface area contributed by atoms with Crippen LogP contribution in [0.5, 0.6) is 0 Å². The molecule has 2 fully saturated rings. The summed E-state index contributed by atoms with van der Waals surface area (Å²) < 4.78 is 0. The summed E-state index contributed by atoms with van der Waals surface area (Å²) in [6.45, 7) is 5.37. The summed E-state index contributed by atoms with van der Waals surface area (Å²) in [5.41, 5.74) is 7.18. The van der Waals surface area contributed by atoms with Crippen LogP contribution in [-0.2, 0) is 6.54 Å². The van der Waals surface area contributed by atoms with Crippen LogP contribution in [0.4, 0.5) is 5.13 Å². The van der Waals surface area contributed by atoms with Crippen LogP contribution in [0.3, 0.4) is 0 Å². The van der Waals surface area contributed by atoms with Gasteiger partial charge in [-0.2, -0.15) is 0 Å². The third kappa shape index (κ3) is 2.54. The Morgan fingerprint density at radius 1 is 1.28 bits per heavy atom. The Balaban J connectivity index is 1.78. The number of aromatic nitrogens is 1. The zero-order valence-electron chi connectivity index (χ0n) is 11.2. The molecule has 18 heavy (non-hydrogen) atoms. The van der Waals surface area contributed by atoms with E-state index in [1.807, 2.05) is 11.3 Å². The fourth-order valence-corrected chi connectivity index (χ4v) is 3.84. The van der Waals surface area contributed by atoms with Crippen molar-refractivity contribution in [3.8, 4) is 0 Å².